The molecule has 0 amide bonds. The monoisotopic (exact) mass is 292 g/mol. The summed E-state index contributed by atoms with van der Waals surface area (Å²) in [6.45, 7) is 5.97. The van der Waals surface area contributed by atoms with E-state index in [0.29, 0.717) is 23.0 Å². The maximum absolute atomic E-state index is 12.5. The van der Waals surface area contributed by atoms with Crippen LogP contribution in [-0.2, 0) is 10.0 Å². The van der Waals surface area contributed by atoms with Gasteiger partial charge in [0.2, 0.25) is 10.0 Å². The number of rotatable bonds is 3. The molecule has 1 aromatic rings. The Morgan fingerprint density at radius 1 is 1.30 bits per heavy atom. The van der Waals surface area contributed by atoms with Gasteiger partial charge in [-0.2, -0.15) is 5.26 Å². The lowest BCUT2D eigenvalue weighted by Crippen LogP contribution is -2.37. The number of nitrogens with one attached hydrogen (secondary N) is 1. The molecule has 4 nitrogen and oxygen atoms in total. The zero-order valence-electron chi connectivity index (χ0n) is 12.1. The average Bonchev–Trinajstić information content (AvgIpc) is 2.69. The number of nitrogens with zero attached hydrogens (tertiary/aromatic N) is 1. The van der Waals surface area contributed by atoms with E-state index in [1.165, 1.54) is 6.07 Å². The summed E-state index contributed by atoms with van der Waals surface area (Å²) in [5, 5.41) is 8.83. The van der Waals surface area contributed by atoms with Crippen LogP contribution in [0.3, 0.4) is 0 Å². The van der Waals surface area contributed by atoms with Crippen LogP contribution in [0.15, 0.2) is 23.1 Å². The van der Waals surface area contributed by atoms with Crippen molar-refractivity contribution in [2.45, 2.75) is 44.6 Å². The van der Waals surface area contributed by atoms with Gasteiger partial charge in [0.1, 0.15) is 0 Å². The molecular formula is C15H20N2O2S. The number of benzene rings is 1. The minimum absolute atomic E-state index is 0.00467. The zero-order chi connectivity index (χ0) is 14.9. The molecule has 1 aliphatic rings. The minimum Gasteiger partial charge on any atom is -0.208 e. The van der Waals surface area contributed by atoms with Crippen molar-refractivity contribution in [3.8, 4) is 6.07 Å². The van der Waals surface area contributed by atoms with E-state index in [1.807, 2.05) is 6.07 Å². The van der Waals surface area contributed by atoms with E-state index in [0.717, 1.165) is 12.8 Å². The number of hydrogen-bond donors (Lipinski definition) is 1. The third-order valence-corrected chi connectivity index (χ3v) is 6.02. The van der Waals surface area contributed by atoms with Crippen molar-refractivity contribution in [1.29, 1.82) is 5.26 Å². The predicted octanol–water partition coefficient (Wildman–Crippen LogP) is 2.58. The van der Waals surface area contributed by atoms with E-state index < -0.39 is 10.0 Å². The van der Waals surface area contributed by atoms with Gasteiger partial charge in [-0.15, -0.1) is 0 Å². The fourth-order valence-corrected chi connectivity index (χ4v) is 4.40. The van der Waals surface area contributed by atoms with Gasteiger partial charge in [-0.1, -0.05) is 13.8 Å². The first-order valence-electron chi connectivity index (χ1n) is 6.88. The summed E-state index contributed by atoms with van der Waals surface area (Å²) >= 11 is 0. The molecule has 0 aromatic heterocycles. The third-order valence-electron chi connectivity index (χ3n) is 4.37. The molecule has 1 saturated carbocycles. The maximum atomic E-state index is 12.5. The molecule has 0 aliphatic heterocycles. The van der Waals surface area contributed by atoms with Crippen LogP contribution in [0.25, 0.3) is 0 Å². The van der Waals surface area contributed by atoms with E-state index in [-0.39, 0.29) is 10.9 Å². The van der Waals surface area contributed by atoms with Crippen LogP contribution < -0.4 is 4.72 Å². The molecular weight excluding hydrogens is 272 g/mol. The second kappa shape index (κ2) is 5.55. The summed E-state index contributed by atoms with van der Waals surface area (Å²) in [6, 6.07) is 6.69. The zero-order valence-corrected chi connectivity index (χ0v) is 12.9. The van der Waals surface area contributed by atoms with E-state index in [2.05, 4.69) is 18.6 Å². The summed E-state index contributed by atoms with van der Waals surface area (Å²) in [5.74, 6) is 0.897. The minimum atomic E-state index is -3.52. The molecule has 0 heterocycles. The van der Waals surface area contributed by atoms with Gasteiger partial charge in [0.25, 0.3) is 0 Å². The van der Waals surface area contributed by atoms with Crippen molar-refractivity contribution in [3.05, 3.63) is 29.3 Å². The molecule has 1 fully saturated rings. The lowest BCUT2D eigenvalue weighted by Gasteiger charge is -2.20. The van der Waals surface area contributed by atoms with Crippen molar-refractivity contribution in [3.63, 3.8) is 0 Å². The Morgan fingerprint density at radius 3 is 2.50 bits per heavy atom. The van der Waals surface area contributed by atoms with Crippen LogP contribution in [0.2, 0.25) is 0 Å². The van der Waals surface area contributed by atoms with E-state index in [9.17, 15) is 8.42 Å². The summed E-state index contributed by atoms with van der Waals surface area (Å²) in [6.07, 6.45) is 1.94. The van der Waals surface area contributed by atoms with Crippen LogP contribution in [0.4, 0.5) is 0 Å². The molecule has 1 aliphatic carbocycles. The molecule has 3 atom stereocenters. The van der Waals surface area contributed by atoms with Gasteiger partial charge in [0.05, 0.1) is 16.5 Å². The summed E-state index contributed by atoms with van der Waals surface area (Å²) in [5.41, 5.74) is 1.08. The third kappa shape index (κ3) is 2.87. The average molecular weight is 292 g/mol. The van der Waals surface area contributed by atoms with Crippen molar-refractivity contribution < 1.29 is 8.42 Å². The molecule has 0 bridgehead atoms. The van der Waals surface area contributed by atoms with Crippen molar-refractivity contribution in [2.75, 3.05) is 0 Å². The summed E-state index contributed by atoms with van der Waals surface area (Å²) in [7, 11) is -3.52. The quantitative estimate of drug-likeness (QED) is 0.931. The van der Waals surface area contributed by atoms with Gasteiger partial charge >= 0.3 is 0 Å². The second-order valence-corrected chi connectivity index (χ2v) is 7.42. The van der Waals surface area contributed by atoms with Gasteiger partial charge in [-0.25, -0.2) is 13.1 Å². The van der Waals surface area contributed by atoms with Gasteiger partial charge in [-0.3, -0.25) is 0 Å². The number of nitriles is 1. The molecule has 1 N–H and O–H groups in total. The first kappa shape index (κ1) is 15.0. The Kier molecular flexibility index (Phi) is 4.17. The van der Waals surface area contributed by atoms with Crippen LogP contribution in [0.1, 0.15) is 37.8 Å². The Balaban J connectivity index is 2.25. The van der Waals surface area contributed by atoms with Crippen molar-refractivity contribution >= 4 is 10.0 Å². The predicted molar refractivity (Wildman–Crippen MR) is 77.6 cm³/mol. The fraction of sp³-hybridized carbons (Fsp3) is 0.533. The van der Waals surface area contributed by atoms with E-state index >= 15 is 0 Å². The van der Waals surface area contributed by atoms with E-state index in [4.69, 9.17) is 5.26 Å². The molecule has 20 heavy (non-hydrogen) atoms. The molecule has 108 valence electrons. The highest BCUT2D eigenvalue weighted by molar-refractivity contribution is 7.89. The first-order chi connectivity index (χ1) is 9.35. The number of hydrogen-bond acceptors (Lipinski definition) is 3. The highest BCUT2D eigenvalue weighted by Crippen LogP contribution is 2.32. The molecule has 0 radical (unpaired) electrons. The van der Waals surface area contributed by atoms with Gasteiger partial charge in [-0.05, 0) is 55.4 Å². The van der Waals surface area contributed by atoms with Crippen molar-refractivity contribution in [1.82, 2.24) is 4.72 Å². The van der Waals surface area contributed by atoms with Crippen LogP contribution in [-0.4, -0.2) is 14.5 Å². The number of sulfonamides is 1. The Hall–Kier alpha value is -1.38. The lowest BCUT2D eigenvalue weighted by atomic mass is 9.98. The largest absolute Gasteiger partial charge is 0.241 e. The van der Waals surface area contributed by atoms with E-state index in [1.54, 1.807) is 19.1 Å². The van der Waals surface area contributed by atoms with Crippen LogP contribution in [0, 0.1) is 30.1 Å². The molecule has 5 heteroatoms. The topological polar surface area (TPSA) is 70.0 Å². The Bertz CT molecular complexity index is 646. The fourth-order valence-electron chi connectivity index (χ4n) is 2.81. The van der Waals surface area contributed by atoms with Gasteiger partial charge in [0.15, 0.2) is 0 Å². The lowest BCUT2D eigenvalue weighted by molar-refractivity contribution is 0.402. The summed E-state index contributed by atoms with van der Waals surface area (Å²) < 4.78 is 27.8. The molecule has 3 unspecified atom stereocenters. The number of aryl methyl sites for hydroxylation is 1. The first-order valence-corrected chi connectivity index (χ1v) is 8.36. The second-order valence-electron chi connectivity index (χ2n) is 5.73. The highest BCUT2D eigenvalue weighted by atomic mass is 32.2. The highest BCUT2D eigenvalue weighted by Gasteiger charge is 2.33. The Labute approximate surface area is 120 Å². The smallest absolute Gasteiger partial charge is 0.208 e. The molecule has 1 aromatic carbocycles. The molecule has 0 spiro atoms. The molecule has 2 rings (SSSR count). The van der Waals surface area contributed by atoms with Gasteiger partial charge < -0.3 is 0 Å². The maximum Gasteiger partial charge on any atom is 0.241 e. The van der Waals surface area contributed by atoms with Crippen molar-refractivity contribution in [2.24, 2.45) is 11.8 Å². The Morgan fingerprint density at radius 2 is 2.00 bits per heavy atom. The SMILES string of the molecule is Cc1cc(C#N)ccc1S(=O)(=O)NC1CCC(C)C1C. The summed E-state index contributed by atoms with van der Waals surface area (Å²) in [4.78, 5) is 0.267. The van der Waals surface area contributed by atoms with Crippen LogP contribution >= 0.6 is 0 Å². The normalized spacial score (nSPS) is 26.4. The molecule has 0 saturated heterocycles. The standard InChI is InChI=1S/C15H20N2O2S/c1-10-4-6-14(12(10)3)17-20(18,19)15-7-5-13(9-16)8-11(15)2/h5,7-8,10,12,14,17H,4,6H2,1-3H3. The van der Waals surface area contributed by atoms with Gasteiger partial charge in [0, 0.05) is 6.04 Å². The van der Waals surface area contributed by atoms with Crippen LogP contribution in [0.5, 0.6) is 0 Å².